The number of hydrogen-bond acceptors (Lipinski definition) is 3. The number of aryl methyl sites for hydroxylation is 2. The molecule has 3 aromatic carbocycles. The quantitative estimate of drug-likeness (QED) is 0.296. The van der Waals surface area contributed by atoms with Crippen LogP contribution in [0, 0.1) is 37.5 Å². The van der Waals surface area contributed by atoms with Gasteiger partial charge in [0.15, 0.2) is 0 Å². The van der Waals surface area contributed by atoms with E-state index in [4.69, 9.17) is 4.74 Å². The number of carbonyl (C=O) groups is 2. The van der Waals surface area contributed by atoms with Crippen LogP contribution in [0.2, 0.25) is 0 Å². The monoisotopic (exact) mass is 386 g/mol. The van der Waals surface area contributed by atoms with Crippen LogP contribution in [-0.4, -0.2) is 17.0 Å². The van der Waals surface area contributed by atoms with Gasteiger partial charge in [0.25, 0.3) is 0 Å². The lowest BCUT2D eigenvalue weighted by Crippen LogP contribution is -2.35. The number of rotatable bonds is 3. The maximum absolute atomic E-state index is 13.2. The first kappa shape index (κ1) is 17.9. The van der Waals surface area contributed by atoms with Crippen molar-refractivity contribution in [1.82, 2.24) is 0 Å². The molecule has 2 bridgehead atoms. The average molecular weight is 386 g/mol. The molecule has 1 saturated carbocycles. The van der Waals surface area contributed by atoms with Crippen LogP contribution in [0.5, 0.6) is 5.75 Å². The first-order valence-electron chi connectivity index (χ1n) is 9.99. The van der Waals surface area contributed by atoms with Crippen LogP contribution in [0.25, 0.3) is 21.5 Å². The fraction of sp³-hybridized carbons (Fsp3) is 0.280. The van der Waals surface area contributed by atoms with E-state index in [1.807, 2.05) is 56.3 Å². The highest BCUT2D eigenvalue weighted by molar-refractivity contribution is 6.07. The Morgan fingerprint density at radius 3 is 2.31 bits per heavy atom. The fourth-order valence-electron chi connectivity index (χ4n) is 5.07. The van der Waals surface area contributed by atoms with Crippen molar-refractivity contribution in [2.45, 2.75) is 20.3 Å². The molecule has 2 aliphatic carbocycles. The molecule has 0 spiro atoms. The molecule has 3 aromatic rings. The van der Waals surface area contributed by atoms with Gasteiger partial charge in [-0.15, -0.1) is 0 Å². The zero-order valence-corrected chi connectivity index (χ0v) is 16.4. The molecule has 4 atom stereocenters. The van der Waals surface area contributed by atoms with Crippen LogP contribution in [0.4, 0.5) is 0 Å². The summed E-state index contributed by atoms with van der Waals surface area (Å²) in [5.41, 5.74) is 2.21. The minimum atomic E-state index is -0.918. The summed E-state index contributed by atoms with van der Waals surface area (Å²) >= 11 is 0. The second-order valence-corrected chi connectivity index (χ2v) is 8.41. The lowest BCUT2D eigenvalue weighted by Gasteiger charge is -2.23. The van der Waals surface area contributed by atoms with E-state index >= 15 is 0 Å². The number of esters is 1. The van der Waals surface area contributed by atoms with Gasteiger partial charge in [0, 0.05) is 10.8 Å². The third kappa shape index (κ3) is 2.82. The largest absolute Gasteiger partial charge is 0.481 e. The molecule has 4 unspecified atom stereocenters. The maximum atomic E-state index is 13.2. The summed E-state index contributed by atoms with van der Waals surface area (Å²) < 4.78 is 6.02. The summed E-state index contributed by atoms with van der Waals surface area (Å²) in [4.78, 5) is 25.1. The van der Waals surface area contributed by atoms with Crippen molar-refractivity contribution in [2.75, 3.05) is 0 Å². The second kappa shape index (κ2) is 6.45. The molecule has 29 heavy (non-hydrogen) atoms. The first-order chi connectivity index (χ1) is 13.9. The number of fused-ring (bicyclic) bond motifs is 4. The molecule has 2 aliphatic rings. The van der Waals surface area contributed by atoms with Gasteiger partial charge < -0.3 is 9.84 Å². The van der Waals surface area contributed by atoms with E-state index in [2.05, 4.69) is 12.1 Å². The van der Waals surface area contributed by atoms with E-state index in [1.54, 1.807) is 0 Å². The van der Waals surface area contributed by atoms with Gasteiger partial charge in [0.2, 0.25) is 0 Å². The lowest BCUT2D eigenvalue weighted by molar-refractivity contribution is -0.152. The second-order valence-electron chi connectivity index (χ2n) is 8.41. The zero-order valence-electron chi connectivity index (χ0n) is 16.4. The average Bonchev–Trinajstić information content (AvgIpc) is 3.29. The first-order valence-corrected chi connectivity index (χ1v) is 9.99. The van der Waals surface area contributed by atoms with Crippen molar-refractivity contribution in [2.24, 2.45) is 23.7 Å². The minimum Gasteiger partial charge on any atom is -0.481 e. The molecule has 4 heteroatoms. The smallest absolute Gasteiger partial charge is 0.315 e. The third-order valence-corrected chi connectivity index (χ3v) is 6.44. The third-order valence-electron chi connectivity index (χ3n) is 6.44. The van der Waals surface area contributed by atoms with Crippen molar-refractivity contribution < 1.29 is 19.4 Å². The number of carboxylic acid groups (broad SMARTS) is 1. The van der Waals surface area contributed by atoms with Crippen LogP contribution < -0.4 is 4.74 Å². The van der Waals surface area contributed by atoms with Crippen LogP contribution in [-0.2, 0) is 9.59 Å². The standard InChI is InChI=1S/C25H22O4/c1-13-4-8-19-18(9-13)11-15-5-3-14(2)10-20(15)23(19)29-25(28)22-17-7-6-16(12-17)21(22)24(26)27/h3-11,16-17,21-22H,12H2,1-2H3,(H,26,27). The Bertz CT molecular complexity index is 1210. The number of ether oxygens (including phenoxy) is 1. The molecular formula is C25H22O4. The Balaban J connectivity index is 1.64. The molecule has 0 heterocycles. The van der Waals surface area contributed by atoms with Crippen LogP contribution in [0.3, 0.4) is 0 Å². The Labute approximate surface area is 168 Å². The highest BCUT2D eigenvalue weighted by Crippen LogP contribution is 2.49. The number of benzene rings is 3. The summed E-state index contributed by atoms with van der Waals surface area (Å²) in [6.45, 7) is 4.04. The molecule has 4 nitrogen and oxygen atoms in total. The van der Waals surface area contributed by atoms with Crippen molar-refractivity contribution in [3.63, 3.8) is 0 Å². The number of aliphatic carboxylic acids is 1. The maximum Gasteiger partial charge on any atom is 0.315 e. The number of carboxylic acids is 1. The molecule has 0 saturated heterocycles. The van der Waals surface area contributed by atoms with Gasteiger partial charge >= 0.3 is 11.9 Å². The minimum absolute atomic E-state index is 0.0566. The summed E-state index contributed by atoms with van der Waals surface area (Å²) in [6, 6.07) is 14.3. The van der Waals surface area contributed by atoms with E-state index < -0.39 is 23.8 Å². The molecule has 1 fully saturated rings. The van der Waals surface area contributed by atoms with E-state index in [0.717, 1.165) is 32.7 Å². The van der Waals surface area contributed by atoms with Gasteiger partial charge in [-0.2, -0.15) is 0 Å². The highest BCUT2D eigenvalue weighted by Gasteiger charge is 2.52. The summed E-state index contributed by atoms with van der Waals surface area (Å²) in [6.07, 6.45) is 4.63. The van der Waals surface area contributed by atoms with E-state index in [0.29, 0.717) is 12.2 Å². The zero-order chi connectivity index (χ0) is 20.3. The predicted octanol–water partition coefficient (Wildman–Crippen LogP) is 5.04. The van der Waals surface area contributed by atoms with Crippen molar-refractivity contribution in [3.05, 3.63) is 65.7 Å². The number of hydrogen-bond donors (Lipinski definition) is 1. The van der Waals surface area contributed by atoms with Crippen molar-refractivity contribution >= 4 is 33.5 Å². The summed E-state index contributed by atoms with van der Waals surface area (Å²) in [5.74, 6) is -2.31. The van der Waals surface area contributed by atoms with Gasteiger partial charge in [-0.05, 0) is 55.0 Å². The van der Waals surface area contributed by atoms with Crippen LogP contribution in [0.1, 0.15) is 17.5 Å². The molecule has 5 rings (SSSR count). The molecule has 0 aliphatic heterocycles. The normalized spacial score (nSPS) is 25.0. The van der Waals surface area contributed by atoms with E-state index in [1.165, 1.54) is 0 Å². The Hall–Kier alpha value is -3.14. The molecule has 0 radical (unpaired) electrons. The molecule has 1 N–H and O–H groups in total. The fourth-order valence-corrected chi connectivity index (χ4v) is 5.07. The lowest BCUT2D eigenvalue weighted by atomic mass is 9.83. The molecular weight excluding hydrogens is 364 g/mol. The highest BCUT2D eigenvalue weighted by atomic mass is 16.5. The number of carbonyl (C=O) groups excluding carboxylic acids is 1. The van der Waals surface area contributed by atoms with Crippen molar-refractivity contribution in [3.8, 4) is 5.75 Å². The van der Waals surface area contributed by atoms with Crippen molar-refractivity contribution in [1.29, 1.82) is 0 Å². The van der Waals surface area contributed by atoms with Gasteiger partial charge in [0.05, 0.1) is 11.8 Å². The summed E-state index contributed by atoms with van der Waals surface area (Å²) in [5, 5.41) is 13.4. The SMILES string of the molecule is Cc1ccc2c(OC(=O)C3C4C=CC(C4)C3C(=O)O)c3cc(C)ccc3cc2c1. The van der Waals surface area contributed by atoms with Crippen LogP contribution in [0.15, 0.2) is 54.6 Å². The molecule has 0 amide bonds. The topological polar surface area (TPSA) is 63.6 Å². The van der Waals surface area contributed by atoms with E-state index in [-0.39, 0.29) is 11.8 Å². The van der Waals surface area contributed by atoms with E-state index in [9.17, 15) is 14.7 Å². The Kier molecular flexibility index (Phi) is 3.98. The number of allylic oxidation sites excluding steroid dienone is 2. The Morgan fingerprint density at radius 2 is 1.55 bits per heavy atom. The predicted molar refractivity (Wildman–Crippen MR) is 112 cm³/mol. The Morgan fingerprint density at radius 1 is 0.862 bits per heavy atom. The van der Waals surface area contributed by atoms with Gasteiger partial charge in [-0.3, -0.25) is 9.59 Å². The van der Waals surface area contributed by atoms with Gasteiger partial charge in [-0.1, -0.05) is 53.6 Å². The molecule has 0 aromatic heterocycles. The molecule has 146 valence electrons. The van der Waals surface area contributed by atoms with Gasteiger partial charge in [0.1, 0.15) is 5.75 Å². The van der Waals surface area contributed by atoms with Crippen LogP contribution >= 0.6 is 0 Å². The van der Waals surface area contributed by atoms with Gasteiger partial charge in [-0.25, -0.2) is 0 Å². The summed E-state index contributed by atoms with van der Waals surface area (Å²) in [7, 11) is 0.